The second-order valence-electron chi connectivity index (χ2n) is 7.39. The van der Waals surface area contributed by atoms with E-state index >= 15 is 0 Å². The van der Waals surface area contributed by atoms with E-state index in [4.69, 9.17) is 9.47 Å². The molecule has 1 amide bonds. The van der Waals surface area contributed by atoms with Gasteiger partial charge in [-0.2, -0.15) is 0 Å². The number of imidazole rings is 1. The van der Waals surface area contributed by atoms with Crippen LogP contribution in [0.25, 0.3) is 6.08 Å². The van der Waals surface area contributed by atoms with Crippen molar-refractivity contribution in [2.75, 3.05) is 7.11 Å². The molecule has 1 N–H and O–H groups in total. The molecule has 1 unspecified atom stereocenters. The summed E-state index contributed by atoms with van der Waals surface area (Å²) in [5.41, 5.74) is 1.28. The number of carbonyl (C=O) groups is 1. The van der Waals surface area contributed by atoms with Crippen molar-refractivity contribution < 1.29 is 18.7 Å². The second kappa shape index (κ2) is 10.4. The zero-order valence-electron chi connectivity index (χ0n) is 18.7. The lowest BCUT2D eigenvalue weighted by Gasteiger charge is -2.20. The molecule has 4 rings (SSSR count). The van der Waals surface area contributed by atoms with Crippen LogP contribution in [0.15, 0.2) is 85.5 Å². The Kier molecular flexibility index (Phi) is 6.98. The smallest absolute Gasteiger partial charge is 0.244 e. The molecule has 1 atom stereocenters. The number of aryl methyl sites for hydroxylation is 1. The molecule has 0 radical (unpaired) electrons. The number of amides is 1. The first kappa shape index (κ1) is 22.7. The Hall–Kier alpha value is -4.46. The molecular weight excluding hydrogens is 435 g/mol. The Bertz CT molecular complexity index is 1300. The van der Waals surface area contributed by atoms with E-state index in [2.05, 4.69) is 15.3 Å². The maximum Gasteiger partial charge on any atom is 0.244 e. The van der Waals surface area contributed by atoms with Crippen molar-refractivity contribution in [2.24, 2.45) is 7.05 Å². The highest BCUT2D eigenvalue weighted by Crippen LogP contribution is 2.29. The van der Waals surface area contributed by atoms with E-state index < -0.39 is 11.9 Å². The molecule has 7 nitrogen and oxygen atoms in total. The number of hydrogen-bond donors (Lipinski definition) is 1. The van der Waals surface area contributed by atoms with Gasteiger partial charge in [0.15, 0.2) is 11.6 Å². The Labute approximate surface area is 196 Å². The first-order valence-corrected chi connectivity index (χ1v) is 10.5. The maximum absolute atomic E-state index is 14.5. The van der Waals surface area contributed by atoms with Gasteiger partial charge in [-0.1, -0.05) is 24.3 Å². The number of para-hydroxylation sites is 1. The predicted octanol–water partition coefficient (Wildman–Crippen LogP) is 4.67. The zero-order chi connectivity index (χ0) is 23.9. The third kappa shape index (κ3) is 5.29. The lowest BCUT2D eigenvalue weighted by atomic mass is 10.0. The van der Waals surface area contributed by atoms with E-state index in [1.165, 1.54) is 30.5 Å². The number of halogens is 1. The van der Waals surface area contributed by atoms with Crippen molar-refractivity contribution >= 4 is 12.0 Å². The van der Waals surface area contributed by atoms with Crippen LogP contribution in [-0.4, -0.2) is 27.6 Å². The fourth-order valence-electron chi connectivity index (χ4n) is 3.44. The number of aromatic nitrogens is 3. The van der Waals surface area contributed by atoms with Crippen molar-refractivity contribution in [3.63, 3.8) is 0 Å². The maximum atomic E-state index is 14.5. The molecule has 0 saturated heterocycles. The lowest BCUT2D eigenvalue weighted by molar-refractivity contribution is -0.117. The molecule has 0 aliphatic rings. The van der Waals surface area contributed by atoms with E-state index in [1.54, 1.807) is 43.9 Å². The first-order valence-electron chi connectivity index (χ1n) is 10.5. The minimum absolute atomic E-state index is 0.0700. The van der Waals surface area contributed by atoms with Crippen LogP contribution in [0.5, 0.6) is 17.2 Å². The summed E-state index contributed by atoms with van der Waals surface area (Å²) in [6, 6.07) is 14.7. The number of rotatable bonds is 8. The molecule has 0 aliphatic heterocycles. The first-order chi connectivity index (χ1) is 16.5. The average molecular weight is 458 g/mol. The summed E-state index contributed by atoms with van der Waals surface area (Å²) >= 11 is 0. The minimum Gasteiger partial charge on any atom is -0.496 e. The van der Waals surface area contributed by atoms with Crippen molar-refractivity contribution in [1.82, 2.24) is 19.9 Å². The SMILES string of the molecule is COc1ccccc1C(NC(=O)/C=C/c1ccc(Oc2cccnc2)c(F)c1)c1nccn1C. The third-order valence-electron chi connectivity index (χ3n) is 5.10. The molecular formula is C26H23FN4O3. The predicted molar refractivity (Wildman–Crippen MR) is 126 cm³/mol. The Morgan fingerprint density at radius 1 is 1.12 bits per heavy atom. The summed E-state index contributed by atoms with van der Waals surface area (Å²) in [6.07, 6.45) is 9.45. The minimum atomic E-state index is -0.550. The Morgan fingerprint density at radius 3 is 2.68 bits per heavy atom. The number of nitrogens with zero attached hydrogens (tertiary/aromatic N) is 3. The average Bonchev–Trinajstić information content (AvgIpc) is 3.29. The van der Waals surface area contributed by atoms with Gasteiger partial charge in [-0.3, -0.25) is 9.78 Å². The van der Waals surface area contributed by atoms with Crippen LogP contribution in [0.2, 0.25) is 0 Å². The summed E-state index contributed by atoms with van der Waals surface area (Å²) in [5, 5.41) is 2.97. The molecule has 2 aromatic carbocycles. The van der Waals surface area contributed by atoms with Crippen LogP contribution in [0.3, 0.4) is 0 Å². The quantitative estimate of drug-likeness (QED) is 0.388. The van der Waals surface area contributed by atoms with Gasteiger partial charge in [-0.05, 0) is 42.0 Å². The molecule has 172 valence electrons. The molecule has 2 aromatic heterocycles. The van der Waals surface area contributed by atoms with Gasteiger partial charge in [0.1, 0.15) is 23.4 Å². The number of pyridine rings is 1. The van der Waals surface area contributed by atoms with Gasteiger partial charge in [0.2, 0.25) is 5.91 Å². The van der Waals surface area contributed by atoms with E-state index in [-0.39, 0.29) is 11.7 Å². The van der Waals surface area contributed by atoms with E-state index in [0.717, 1.165) is 5.56 Å². The number of ether oxygens (including phenoxy) is 2. The molecule has 4 aromatic rings. The summed E-state index contributed by atoms with van der Waals surface area (Å²) in [6.45, 7) is 0. The van der Waals surface area contributed by atoms with Crippen LogP contribution >= 0.6 is 0 Å². The van der Waals surface area contributed by atoms with Crippen LogP contribution < -0.4 is 14.8 Å². The van der Waals surface area contributed by atoms with Crippen LogP contribution in [0.4, 0.5) is 4.39 Å². The fraction of sp³-hybridized carbons (Fsp3) is 0.115. The Morgan fingerprint density at radius 2 is 1.97 bits per heavy atom. The monoisotopic (exact) mass is 458 g/mol. The van der Waals surface area contributed by atoms with Gasteiger partial charge < -0.3 is 19.4 Å². The van der Waals surface area contributed by atoms with Crippen LogP contribution in [0, 0.1) is 5.82 Å². The van der Waals surface area contributed by atoms with E-state index in [0.29, 0.717) is 22.9 Å². The van der Waals surface area contributed by atoms with Crippen molar-refractivity contribution in [1.29, 1.82) is 0 Å². The van der Waals surface area contributed by atoms with Gasteiger partial charge in [0.25, 0.3) is 0 Å². The number of benzene rings is 2. The van der Waals surface area contributed by atoms with Gasteiger partial charge in [-0.25, -0.2) is 9.37 Å². The normalized spacial score (nSPS) is 11.9. The van der Waals surface area contributed by atoms with E-state index in [1.807, 2.05) is 35.9 Å². The van der Waals surface area contributed by atoms with Crippen molar-refractivity contribution in [2.45, 2.75) is 6.04 Å². The Balaban J connectivity index is 1.51. The molecule has 0 spiro atoms. The molecule has 0 aliphatic carbocycles. The molecule has 0 fully saturated rings. The topological polar surface area (TPSA) is 78.3 Å². The second-order valence-corrected chi connectivity index (χ2v) is 7.39. The van der Waals surface area contributed by atoms with Crippen molar-refractivity contribution in [3.8, 4) is 17.2 Å². The third-order valence-corrected chi connectivity index (χ3v) is 5.10. The fourth-order valence-corrected chi connectivity index (χ4v) is 3.44. The summed E-state index contributed by atoms with van der Waals surface area (Å²) in [7, 11) is 3.43. The lowest BCUT2D eigenvalue weighted by Crippen LogP contribution is -2.30. The van der Waals surface area contributed by atoms with Gasteiger partial charge in [0.05, 0.1) is 13.3 Å². The van der Waals surface area contributed by atoms with Crippen LogP contribution in [-0.2, 0) is 11.8 Å². The summed E-state index contributed by atoms with van der Waals surface area (Å²) < 4.78 is 27.3. The largest absolute Gasteiger partial charge is 0.496 e. The highest BCUT2D eigenvalue weighted by Gasteiger charge is 2.23. The molecule has 34 heavy (non-hydrogen) atoms. The summed E-state index contributed by atoms with van der Waals surface area (Å²) in [5.74, 6) is 0.864. The number of methoxy groups -OCH3 is 1. The van der Waals surface area contributed by atoms with Crippen LogP contribution in [0.1, 0.15) is 23.0 Å². The van der Waals surface area contributed by atoms with Gasteiger partial charge >= 0.3 is 0 Å². The van der Waals surface area contributed by atoms with Crippen molar-refractivity contribution in [3.05, 3.63) is 108 Å². The van der Waals surface area contributed by atoms with Gasteiger partial charge in [0, 0.05) is 37.3 Å². The molecule has 2 heterocycles. The molecule has 0 bridgehead atoms. The molecule has 8 heteroatoms. The number of carbonyl (C=O) groups excluding carboxylic acids is 1. The highest BCUT2D eigenvalue weighted by atomic mass is 19.1. The van der Waals surface area contributed by atoms with Gasteiger partial charge in [-0.15, -0.1) is 0 Å². The summed E-state index contributed by atoms with van der Waals surface area (Å²) in [4.78, 5) is 21.1. The van der Waals surface area contributed by atoms with E-state index in [9.17, 15) is 9.18 Å². The zero-order valence-corrected chi connectivity index (χ0v) is 18.7. The standard InChI is InChI=1S/C26H23FN4O3/c1-31-15-14-29-26(31)25(20-7-3-4-8-22(20)33-2)30-24(32)12-10-18-9-11-23(21(27)16-18)34-19-6-5-13-28-17-19/h3-17,25H,1-2H3,(H,30,32)/b12-10+. The highest BCUT2D eigenvalue weighted by molar-refractivity contribution is 5.92. The molecule has 0 saturated carbocycles. The number of nitrogens with one attached hydrogen (secondary N) is 1. The number of hydrogen-bond acceptors (Lipinski definition) is 5.